The highest BCUT2D eigenvalue weighted by atomic mass is 16.5. The number of anilines is 1. The third-order valence-corrected chi connectivity index (χ3v) is 5.54. The van der Waals surface area contributed by atoms with Crippen LogP contribution in [0.1, 0.15) is 36.2 Å². The number of rotatable bonds is 13. The quantitative estimate of drug-likeness (QED) is 0.304. The summed E-state index contributed by atoms with van der Waals surface area (Å²) in [6, 6.07) is 23.8. The lowest BCUT2D eigenvalue weighted by molar-refractivity contribution is -0.123. The lowest BCUT2D eigenvalue weighted by Crippen LogP contribution is -2.48. The molecule has 0 bridgehead atoms. The zero-order valence-electron chi connectivity index (χ0n) is 21.1. The van der Waals surface area contributed by atoms with Crippen LogP contribution >= 0.6 is 0 Å². The van der Waals surface area contributed by atoms with E-state index in [2.05, 4.69) is 16.0 Å². The average molecular weight is 490 g/mol. The van der Waals surface area contributed by atoms with Gasteiger partial charge >= 0.3 is 0 Å². The molecule has 0 unspecified atom stereocenters. The van der Waals surface area contributed by atoms with Gasteiger partial charge in [-0.05, 0) is 66.4 Å². The highest BCUT2D eigenvalue weighted by Crippen LogP contribution is 2.16. The Hall–Kier alpha value is -4.00. The second kappa shape index (κ2) is 13.8. The zero-order chi connectivity index (χ0) is 25.8. The van der Waals surface area contributed by atoms with Crippen molar-refractivity contribution in [3.63, 3.8) is 0 Å². The van der Waals surface area contributed by atoms with Crippen LogP contribution in [0, 0.1) is 5.92 Å². The number of amides is 2. The van der Waals surface area contributed by atoms with Crippen LogP contribution in [0.2, 0.25) is 0 Å². The van der Waals surface area contributed by atoms with Crippen molar-refractivity contribution in [2.75, 3.05) is 25.5 Å². The number of nitrogens with one attached hydrogen (secondary N) is 3. The molecule has 3 aromatic carbocycles. The summed E-state index contributed by atoms with van der Waals surface area (Å²) in [6.45, 7) is 5.50. The van der Waals surface area contributed by atoms with E-state index in [0.29, 0.717) is 37.4 Å². The van der Waals surface area contributed by atoms with Crippen LogP contribution in [0.5, 0.6) is 11.5 Å². The molecule has 36 heavy (non-hydrogen) atoms. The summed E-state index contributed by atoms with van der Waals surface area (Å²) < 4.78 is 10.9. The third kappa shape index (κ3) is 8.65. The van der Waals surface area contributed by atoms with Crippen molar-refractivity contribution >= 4 is 17.5 Å². The number of carbonyl (C=O) groups is 2. The van der Waals surface area contributed by atoms with E-state index in [1.54, 1.807) is 31.4 Å². The molecule has 0 fully saturated rings. The minimum absolute atomic E-state index is 0.198. The van der Waals surface area contributed by atoms with Gasteiger partial charge in [0.2, 0.25) is 5.91 Å². The molecule has 3 rings (SSSR count). The molecular formula is C29H35N3O4. The van der Waals surface area contributed by atoms with Crippen LogP contribution in [0.15, 0.2) is 78.9 Å². The van der Waals surface area contributed by atoms with Gasteiger partial charge in [0.25, 0.3) is 5.91 Å². The van der Waals surface area contributed by atoms with Gasteiger partial charge in [-0.15, -0.1) is 0 Å². The van der Waals surface area contributed by atoms with Crippen LogP contribution in [0.3, 0.4) is 0 Å². The maximum atomic E-state index is 12.8. The van der Waals surface area contributed by atoms with Crippen molar-refractivity contribution in [2.45, 2.75) is 32.9 Å². The van der Waals surface area contributed by atoms with Crippen molar-refractivity contribution in [1.29, 1.82) is 0 Å². The summed E-state index contributed by atoms with van der Waals surface area (Å²) in [5.74, 6) is 1.22. The van der Waals surface area contributed by atoms with E-state index in [-0.39, 0.29) is 17.7 Å². The molecule has 1 atom stereocenters. The fourth-order valence-corrected chi connectivity index (χ4v) is 3.61. The van der Waals surface area contributed by atoms with Gasteiger partial charge in [-0.2, -0.15) is 0 Å². The predicted octanol–water partition coefficient (Wildman–Crippen LogP) is 4.65. The second-order valence-corrected chi connectivity index (χ2v) is 8.90. The van der Waals surface area contributed by atoms with Crippen LogP contribution in [-0.4, -0.2) is 38.1 Å². The first-order valence-corrected chi connectivity index (χ1v) is 12.2. The molecular weight excluding hydrogens is 454 g/mol. The summed E-state index contributed by atoms with van der Waals surface area (Å²) in [4.78, 5) is 25.7. The first kappa shape index (κ1) is 26.6. The Kier molecular flexibility index (Phi) is 10.2. The van der Waals surface area contributed by atoms with Crippen molar-refractivity contribution in [3.05, 3.63) is 90.0 Å². The van der Waals surface area contributed by atoms with Crippen LogP contribution < -0.4 is 25.4 Å². The van der Waals surface area contributed by atoms with Gasteiger partial charge in [0, 0.05) is 24.3 Å². The van der Waals surface area contributed by atoms with E-state index >= 15 is 0 Å². The lowest BCUT2D eigenvalue weighted by Gasteiger charge is -2.20. The van der Waals surface area contributed by atoms with Gasteiger partial charge in [0.1, 0.15) is 24.1 Å². The number of hydrogen-bond donors (Lipinski definition) is 3. The third-order valence-electron chi connectivity index (χ3n) is 5.54. The second-order valence-electron chi connectivity index (χ2n) is 8.90. The Bertz CT molecular complexity index is 1080. The fraction of sp³-hybridized carbons (Fsp3) is 0.310. The summed E-state index contributed by atoms with van der Waals surface area (Å²) in [5.41, 5.74) is 2.49. The van der Waals surface area contributed by atoms with E-state index in [9.17, 15) is 9.59 Å². The molecule has 0 aliphatic carbocycles. The van der Waals surface area contributed by atoms with Gasteiger partial charge in [0.05, 0.1) is 7.11 Å². The monoisotopic (exact) mass is 489 g/mol. The Balaban J connectivity index is 1.48. The van der Waals surface area contributed by atoms with E-state index in [0.717, 1.165) is 17.0 Å². The highest BCUT2D eigenvalue weighted by molar-refractivity contribution is 5.97. The van der Waals surface area contributed by atoms with Gasteiger partial charge < -0.3 is 25.4 Å². The largest absolute Gasteiger partial charge is 0.497 e. The average Bonchev–Trinajstić information content (AvgIpc) is 2.90. The zero-order valence-corrected chi connectivity index (χ0v) is 21.1. The normalized spacial score (nSPS) is 11.4. The number of methoxy groups -OCH3 is 1. The van der Waals surface area contributed by atoms with Gasteiger partial charge in [-0.25, -0.2) is 0 Å². The van der Waals surface area contributed by atoms with Crippen LogP contribution in [0.4, 0.5) is 5.69 Å². The van der Waals surface area contributed by atoms with Crippen molar-refractivity contribution in [2.24, 2.45) is 5.92 Å². The summed E-state index contributed by atoms with van der Waals surface area (Å²) in [7, 11) is 1.63. The predicted molar refractivity (Wildman–Crippen MR) is 142 cm³/mol. The molecule has 0 saturated heterocycles. The minimum Gasteiger partial charge on any atom is -0.497 e. The van der Waals surface area contributed by atoms with E-state index in [1.807, 2.05) is 68.4 Å². The fourth-order valence-electron chi connectivity index (χ4n) is 3.61. The van der Waals surface area contributed by atoms with Gasteiger partial charge in [-0.1, -0.05) is 44.2 Å². The van der Waals surface area contributed by atoms with Crippen molar-refractivity contribution in [3.8, 4) is 11.5 Å². The number of hydrogen-bond acceptors (Lipinski definition) is 5. The SMILES string of the molecule is COc1ccc(NCCNC(=O)[C@H](CC(C)C)NC(=O)c2ccc(OCc3ccccc3)cc2)cc1. The maximum Gasteiger partial charge on any atom is 0.251 e. The summed E-state index contributed by atoms with van der Waals surface area (Å²) in [5, 5.41) is 9.06. The molecule has 0 aliphatic heterocycles. The molecule has 3 aromatic rings. The molecule has 190 valence electrons. The minimum atomic E-state index is -0.618. The Labute approximate surface area is 213 Å². The van der Waals surface area contributed by atoms with Gasteiger partial charge in [-0.3, -0.25) is 9.59 Å². The van der Waals surface area contributed by atoms with Crippen molar-refractivity contribution < 1.29 is 19.1 Å². The molecule has 0 aliphatic rings. The molecule has 0 spiro atoms. The number of carbonyl (C=O) groups excluding carboxylic acids is 2. The number of benzene rings is 3. The topological polar surface area (TPSA) is 88.7 Å². The molecule has 0 aromatic heterocycles. The Morgan fingerprint density at radius 3 is 2.14 bits per heavy atom. The Morgan fingerprint density at radius 2 is 1.50 bits per heavy atom. The molecule has 0 saturated carbocycles. The van der Waals surface area contributed by atoms with E-state index in [1.165, 1.54) is 0 Å². The molecule has 2 amide bonds. The van der Waals surface area contributed by atoms with Gasteiger partial charge in [0.15, 0.2) is 0 Å². The lowest BCUT2D eigenvalue weighted by atomic mass is 10.0. The molecule has 7 heteroatoms. The molecule has 7 nitrogen and oxygen atoms in total. The van der Waals surface area contributed by atoms with Crippen LogP contribution in [0.25, 0.3) is 0 Å². The summed E-state index contributed by atoms with van der Waals surface area (Å²) in [6.07, 6.45) is 0.543. The molecule has 3 N–H and O–H groups in total. The smallest absolute Gasteiger partial charge is 0.251 e. The van der Waals surface area contributed by atoms with Crippen LogP contribution in [-0.2, 0) is 11.4 Å². The first-order valence-electron chi connectivity index (χ1n) is 12.2. The molecule has 0 heterocycles. The first-order chi connectivity index (χ1) is 17.4. The maximum absolute atomic E-state index is 12.8. The van der Waals surface area contributed by atoms with E-state index in [4.69, 9.17) is 9.47 Å². The molecule has 0 radical (unpaired) electrons. The summed E-state index contributed by atoms with van der Waals surface area (Å²) >= 11 is 0. The van der Waals surface area contributed by atoms with Crippen molar-refractivity contribution in [1.82, 2.24) is 10.6 Å². The highest BCUT2D eigenvalue weighted by Gasteiger charge is 2.22. The Morgan fingerprint density at radius 1 is 0.833 bits per heavy atom. The standard InChI is InChI=1S/C29H35N3O4/c1-21(2)19-27(29(34)31-18-17-30-24-11-15-25(35-3)16-12-24)32-28(33)23-9-13-26(14-10-23)36-20-22-7-5-4-6-8-22/h4-16,21,27,30H,17-20H2,1-3H3,(H,31,34)(H,32,33)/t27-/m0/s1. The number of ether oxygens (including phenoxy) is 2. The van der Waals surface area contributed by atoms with E-state index < -0.39 is 6.04 Å².